The van der Waals surface area contributed by atoms with Crippen molar-refractivity contribution in [2.45, 2.75) is 25.8 Å². The Morgan fingerprint density at radius 3 is 2.34 bits per heavy atom. The number of fused-ring (bicyclic) bond motifs is 1. The van der Waals surface area contributed by atoms with Gasteiger partial charge >= 0.3 is 0 Å². The first kappa shape index (κ1) is 20.4. The molecule has 1 fully saturated rings. The number of anilines is 1. The molecule has 1 aliphatic rings. The zero-order valence-electron chi connectivity index (χ0n) is 18.1. The number of carbonyl (C=O) groups excluding carboxylic acids is 1. The number of rotatable bonds is 5. The van der Waals surface area contributed by atoms with Crippen LogP contribution in [0.2, 0.25) is 0 Å². The Morgan fingerprint density at radius 2 is 1.56 bits per heavy atom. The quantitative estimate of drug-likeness (QED) is 0.421. The van der Waals surface area contributed by atoms with Crippen LogP contribution >= 0.6 is 0 Å². The summed E-state index contributed by atoms with van der Waals surface area (Å²) in [6.45, 7) is 3.24. The van der Waals surface area contributed by atoms with Crippen LogP contribution in [0.15, 0.2) is 84.9 Å². The van der Waals surface area contributed by atoms with Crippen LogP contribution in [0, 0.1) is 0 Å². The first-order valence-electron chi connectivity index (χ1n) is 11.3. The van der Waals surface area contributed by atoms with Gasteiger partial charge in [-0.05, 0) is 73.5 Å². The van der Waals surface area contributed by atoms with Gasteiger partial charge in [-0.1, -0.05) is 55.0 Å². The summed E-state index contributed by atoms with van der Waals surface area (Å²) in [5.74, 6) is -0.112. The zero-order valence-corrected chi connectivity index (χ0v) is 18.1. The average molecular weight is 422 g/mol. The molecule has 0 aliphatic carbocycles. The third-order valence-corrected chi connectivity index (χ3v) is 6.09. The molecule has 0 unspecified atom stereocenters. The van der Waals surface area contributed by atoms with Crippen molar-refractivity contribution in [3.05, 3.63) is 96.2 Å². The predicted octanol–water partition coefficient (Wildman–Crippen LogP) is 6.14. The summed E-state index contributed by atoms with van der Waals surface area (Å²) < 4.78 is 0. The van der Waals surface area contributed by atoms with Gasteiger partial charge in [0.25, 0.3) is 5.91 Å². The van der Waals surface area contributed by atoms with Gasteiger partial charge in [0, 0.05) is 23.2 Å². The number of benzene rings is 3. The van der Waals surface area contributed by atoms with E-state index >= 15 is 0 Å². The molecule has 0 bridgehead atoms. The van der Waals surface area contributed by atoms with Crippen molar-refractivity contribution in [3.8, 4) is 11.1 Å². The Bertz CT molecular complexity index is 1210. The summed E-state index contributed by atoms with van der Waals surface area (Å²) in [5.41, 5.74) is 5.72. The van der Waals surface area contributed by atoms with Gasteiger partial charge in [0.05, 0.1) is 11.2 Å². The number of hydrogen-bond acceptors (Lipinski definition) is 3. The van der Waals surface area contributed by atoms with Crippen LogP contribution in [0.5, 0.6) is 0 Å². The van der Waals surface area contributed by atoms with Crippen molar-refractivity contribution in [2.24, 2.45) is 0 Å². The summed E-state index contributed by atoms with van der Waals surface area (Å²) in [6, 6.07) is 28.0. The highest BCUT2D eigenvalue weighted by Crippen LogP contribution is 2.22. The molecule has 4 aromatic rings. The van der Waals surface area contributed by atoms with Gasteiger partial charge in [-0.25, -0.2) is 0 Å². The van der Waals surface area contributed by atoms with Gasteiger partial charge in [-0.15, -0.1) is 0 Å². The number of likely N-dealkylation sites (tertiary alicyclic amines) is 1. The van der Waals surface area contributed by atoms with Crippen molar-refractivity contribution in [1.29, 1.82) is 0 Å². The lowest BCUT2D eigenvalue weighted by atomic mass is 10.0. The van der Waals surface area contributed by atoms with E-state index < -0.39 is 0 Å². The normalized spacial score (nSPS) is 14.4. The van der Waals surface area contributed by atoms with Crippen LogP contribution in [-0.2, 0) is 6.54 Å². The molecule has 4 nitrogen and oxygen atoms in total. The van der Waals surface area contributed by atoms with Crippen LogP contribution in [0.1, 0.15) is 35.3 Å². The topological polar surface area (TPSA) is 45.2 Å². The second kappa shape index (κ2) is 9.33. The van der Waals surface area contributed by atoms with Crippen molar-refractivity contribution in [2.75, 3.05) is 18.4 Å². The van der Waals surface area contributed by atoms with E-state index in [1.807, 2.05) is 60.7 Å². The molecule has 32 heavy (non-hydrogen) atoms. The maximum atomic E-state index is 12.7. The molecule has 1 aliphatic heterocycles. The molecule has 1 saturated heterocycles. The van der Waals surface area contributed by atoms with E-state index in [1.165, 1.54) is 19.3 Å². The molecule has 5 rings (SSSR count). The first-order valence-corrected chi connectivity index (χ1v) is 11.3. The Kier molecular flexibility index (Phi) is 5.95. The number of carbonyl (C=O) groups is 1. The minimum absolute atomic E-state index is 0.112. The number of piperidine rings is 1. The van der Waals surface area contributed by atoms with Crippen LogP contribution in [0.25, 0.3) is 22.0 Å². The second-order valence-corrected chi connectivity index (χ2v) is 8.44. The van der Waals surface area contributed by atoms with Crippen molar-refractivity contribution in [3.63, 3.8) is 0 Å². The first-order chi connectivity index (χ1) is 15.7. The highest BCUT2D eigenvalue weighted by Gasteiger charge is 2.12. The largest absolute Gasteiger partial charge is 0.322 e. The zero-order chi connectivity index (χ0) is 21.8. The number of pyridine rings is 1. The molecule has 1 N–H and O–H groups in total. The highest BCUT2D eigenvalue weighted by molar-refractivity contribution is 6.05. The maximum Gasteiger partial charge on any atom is 0.255 e. The fourth-order valence-electron chi connectivity index (χ4n) is 4.33. The third kappa shape index (κ3) is 4.71. The predicted molar refractivity (Wildman–Crippen MR) is 131 cm³/mol. The summed E-state index contributed by atoms with van der Waals surface area (Å²) >= 11 is 0. The average Bonchev–Trinajstić information content (AvgIpc) is 2.85. The minimum Gasteiger partial charge on any atom is -0.322 e. The Morgan fingerprint density at radius 1 is 0.812 bits per heavy atom. The van der Waals surface area contributed by atoms with E-state index in [9.17, 15) is 4.79 Å². The lowest BCUT2D eigenvalue weighted by Gasteiger charge is -2.26. The SMILES string of the molecule is O=C(Nc1ccc2nc(CN3CCCCC3)ccc2c1)c1ccc(-c2ccccc2)cc1. The lowest BCUT2D eigenvalue weighted by Crippen LogP contribution is -2.29. The summed E-state index contributed by atoms with van der Waals surface area (Å²) in [6.07, 6.45) is 3.91. The van der Waals surface area contributed by atoms with E-state index in [4.69, 9.17) is 4.98 Å². The number of nitrogens with one attached hydrogen (secondary N) is 1. The molecule has 160 valence electrons. The van der Waals surface area contributed by atoms with Crippen molar-refractivity contribution < 1.29 is 4.79 Å². The van der Waals surface area contributed by atoms with Crippen molar-refractivity contribution in [1.82, 2.24) is 9.88 Å². The van der Waals surface area contributed by atoms with Crippen LogP contribution in [0.3, 0.4) is 0 Å². The molecule has 2 heterocycles. The lowest BCUT2D eigenvalue weighted by molar-refractivity contribution is 0.102. The van der Waals surface area contributed by atoms with Gasteiger partial charge in [0.2, 0.25) is 0 Å². The Balaban J connectivity index is 1.27. The minimum atomic E-state index is -0.112. The number of amides is 1. The van der Waals surface area contributed by atoms with Crippen LogP contribution < -0.4 is 5.32 Å². The van der Waals surface area contributed by atoms with E-state index in [-0.39, 0.29) is 5.91 Å². The van der Waals surface area contributed by atoms with E-state index in [0.717, 1.165) is 53.0 Å². The van der Waals surface area contributed by atoms with E-state index in [2.05, 4.69) is 34.5 Å². The van der Waals surface area contributed by atoms with E-state index in [1.54, 1.807) is 0 Å². The molecular weight excluding hydrogens is 394 g/mol. The summed E-state index contributed by atoms with van der Waals surface area (Å²) in [7, 11) is 0. The molecular formula is C28H27N3O. The van der Waals surface area contributed by atoms with Crippen LogP contribution in [0.4, 0.5) is 5.69 Å². The fourth-order valence-corrected chi connectivity index (χ4v) is 4.33. The fraction of sp³-hybridized carbons (Fsp3) is 0.214. The van der Waals surface area contributed by atoms with Gasteiger partial charge in [-0.3, -0.25) is 14.7 Å². The second-order valence-electron chi connectivity index (χ2n) is 8.44. The molecule has 3 aromatic carbocycles. The Labute approximate surface area is 188 Å². The van der Waals surface area contributed by atoms with Gasteiger partial charge < -0.3 is 5.32 Å². The highest BCUT2D eigenvalue weighted by atomic mass is 16.1. The molecule has 0 saturated carbocycles. The number of nitrogens with zero attached hydrogens (tertiary/aromatic N) is 2. The van der Waals surface area contributed by atoms with Gasteiger partial charge in [0.15, 0.2) is 0 Å². The summed E-state index contributed by atoms with van der Waals surface area (Å²) in [4.78, 5) is 20.1. The molecule has 0 radical (unpaired) electrons. The van der Waals surface area contributed by atoms with Gasteiger partial charge in [-0.2, -0.15) is 0 Å². The smallest absolute Gasteiger partial charge is 0.255 e. The maximum absolute atomic E-state index is 12.7. The van der Waals surface area contributed by atoms with E-state index in [0.29, 0.717) is 5.56 Å². The third-order valence-electron chi connectivity index (χ3n) is 6.09. The molecule has 1 aromatic heterocycles. The molecule has 0 spiro atoms. The van der Waals surface area contributed by atoms with Crippen LogP contribution in [-0.4, -0.2) is 28.9 Å². The number of hydrogen-bond donors (Lipinski definition) is 1. The number of aromatic nitrogens is 1. The Hall–Kier alpha value is -3.50. The molecule has 1 amide bonds. The van der Waals surface area contributed by atoms with Crippen molar-refractivity contribution >= 4 is 22.5 Å². The standard InChI is InChI=1S/C28H27N3O/c32-28(23-11-9-22(10-12-23)21-7-3-1-4-8-21)30-25-15-16-27-24(19-25)13-14-26(29-27)20-31-17-5-2-6-18-31/h1,3-4,7-16,19H,2,5-6,17-18,20H2,(H,30,32). The molecule has 0 atom stereocenters. The monoisotopic (exact) mass is 421 g/mol. The van der Waals surface area contributed by atoms with Gasteiger partial charge in [0.1, 0.15) is 0 Å². The summed E-state index contributed by atoms with van der Waals surface area (Å²) in [5, 5.41) is 4.05. The molecule has 4 heteroatoms.